The lowest BCUT2D eigenvalue weighted by Crippen LogP contribution is -2.45. The van der Waals surface area contributed by atoms with E-state index in [0.717, 1.165) is 40.5 Å². The van der Waals surface area contributed by atoms with E-state index in [9.17, 15) is 23.5 Å². The summed E-state index contributed by atoms with van der Waals surface area (Å²) in [5.74, 6) is -4.85. The molecule has 0 bridgehead atoms. The zero-order chi connectivity index (χ0) is 19.8. The monoisotopic (exact) mass is 379 g/mol. The van der Waals surface area contributed by atoms with E-state index in [0.29, 0.717) is 0 Å². The van der Waals surface area contributed by atoms with Gasteiger partial charge in [-0.1, -0.05) is 48.5 Å². The van der Waals surface area contributed by atoms with E-state index in [1.165, 1.54) is 0 Å². The second-order valence-corrected chi connectivity index (χ2v) is 6.57. The van der Waals surface area contributed by atoms with Gasteiger partial charge in [0.25, 0.3) is 5.91 Å². The average molecular weight is 379 g/mol. The van der Waals surface area contributed by atoms with Crippen LogP contribution in [0.25, 0.3) is 11.1 Å². The molecule has 4 nitrogen and oxygen atoms in total. The van der Waals surface area contributed by atoms with Crippen LogP contribution in [-0.2, 0) is 4.79 Å². The number of benzene rings is 3. The molecular weight excluding hydrogens is 364 g/mol. The molecule has 0 aliphatic heterocycles. The molecule has 0 saturated carbocycles. The highest BCUT2D eigenvalue weighted by Gasteiger charge is 2.39. The van der Waals surface area contributed by atoms with Crippen molar-refractivity contribution in [2.75, 3.05) is 0 Å². The Morgan fingerprint density at radius 2 is 1.43 bits per heavy atom. The summed E-state index contributed by atoms with van der Waals surface area (Å²) in [6.07, 6.45) is 0. The van der Waals surface area contributed by atoms with Crippen LogP contribution >= 0.6 is 0 Å². The number of amides is 1. The minimum Gasteiger partial charge on any atom is -0.480 e. The normalized spacial score (nSPS) is 13.5. The van der Waals surface area contributed by atoms with Gasteiger partial charge in [-0.3, -0.25) is 4.79 Å². The first-order valence-corrected chi connectivity index (χ1v) is 8.64. The third-order valence-electron chi connectivity index (χ3n) is 4.95. The SMILES string of the molecule is O=C(N[C@@H](C(=O)O)C1c2ccccc2-c2ccccc21)c1ccc(F)c(F)c1. The van der Waals surface area contributed by atoms with Gasteiger partial charge in [-0.05, 0) is 40.5 Å². The molecule has 1 aliphatic rings. The molecule has 3 aromatic rings. The summed E-state index contributed by atoms with van der Waals surface area (Å²) >= 11 is 0. The largest absolute Gasteiger partial charge is 0.480 e. The summed E-state index contributed by atoms with van der Waals surface area (Å²) in [4.78, 5) is 24.6. The number of fused-ring (bicyclic) bond motifs is 3. The Kier molecular flexibility index (Phi) is 4.39. The van der Waals surface area contributed by atoms with Crippen molar-refractivity contribution < 1.29 is 23.5 Å². The van der Waals surface area contributed by atoms with Gasteiger partial charge in [0.15, 0.2) is 11.6 Å². The highest BCUT2D eigenvalue weighted by Crippen LogP contribution is 2.46. The fraction of sp³-hybridized carbons (Fsp3) is 0.0909. The lowest BCUT2D eigenvalue weighted by Gasteiger charge is -2.23. The third-order valence-corrected chi connectivity index (χ3v) is 4.95. The van der Waals surface area contributed by atoms with Crippen LogP contribution in [0.4, 0.5) is 8.78 Å². The molecule has 140 valence electrons. The van der Waals surface area contributed by atoms with Crippen molar-refractivity contribution in [1.82, 2.24) is 5.32 Å². The number of rotatable bonds is 4. The zero-order valence-corrected chi connectivity index (χ0v) is 14.5. The van der Waals surface area contributed by atoms with E-state index < -0.39 is 35.5 Å². The van der Waals surface area contributed by atoms with Crippen molar-refractivity contribution in [2.45, 2.75) is 12.0 Å². The van der Waals surface area contributed by atoms with Crippen LogP contribution in [-0.4, -0.2) is 23.0 Å². The minimum absolute atomic E-state index is 0.148. The predicted molar refractivity (Wildman–Crippen MR) is 99.0 cm³/mol. The number of carboxylic acid groups (broad SMARTS) is 1. The third kappa shape index (κ3) is 2.93. The van der Waals surface area contributed by atoms with Gasteiger partial charge < -0.3 is 10.4 Å². The minimum atomic E-state index is -1.27. The molecule has 0 aromatic heterocycles. The first-order chi connectivity index (χ1) is 13.5. The van der Waals surface area contributed by atoms with Crippen molar-refractivity contribution in [1.29, 1.82) is 0 Å². The lowest BCUT2D eigenvalue weighted by molar-refractivity contribution is -0.139. The molecule has 4 rings (SSSR count). The summed E-state index contributed by atoms with van der Waals surface area (Å²) in [6, 6.07) is 16.3. The molecule has 0 radical (unpaired) electrons. The Bertz CT molecular complexity index is 1050. The quantitative estimate of drug-likeness (QED) is 0.721. The van der Waals surface area contributed by atoms with Gasteiger partial charge in [0.05, 0.1) is 0 Å². The number of hydrogen-bond acceptors (Lipinski definition) is 2. The Morgan fingerprint density at radius 3 is 1.96 bits per heavy atom. The Hall–Kier alpha value is -3.54. The molecule has 0 saturated heterocycles. The fourth-order valence-corrected chi connectivity index (χ4v) is 3.70. The highest BCUT2D eigenvalue weighted by atomic mass is 19.2. The second kappa shape index (κ2) is 6.88. The van der Waals surface area contributed by atoms with E-state index in [1.807, 2.05) is 48.5 Å². The highest BCUT2D eigenvalue weighted by molar-refractivity contribution is 5.97. The van der Waals surface area contributed by atoms with Crippen LogP contribution in [0.5, 0.6) is 0 Å². The molecule has 3 aromatic carbocycles. The second-order valence-electron chi connectivity index (χ2n) is 6.57. The van der Waals surface area contributed by atoms with Gasteiger partial charge in [-0.2, -0.15) is 0 Å². The maximum atomic E-state index is 13.5. The maximum absolute atomic E-state index is 13.5. The maximum Gasteiger partial charge on any atom is 0.327 e. The molecule has 2 N–H and O–H groups in total. The standard InChI is InChI=1S/C22H15F2NO3/c23-17-10-9-12(11-18(17)24)21(26)25-20(22(27)28)19-15-7-3-1-5-13(15)14-6-2-4-8-16(14)19/h1-11,19-20H,(H,25,26)(H,27,28)/t20-/m1/s1. The summed E-state index contributed by atoms with van der Waals surface area (Å²) < 4.78 is 26.6. The van der Waals surface area contributed by atoms with Gasteiger partial charge in [-0.25, -0.2) is 13.6 Å². The van der Waals surface area contributed by atoms with Crippen molar-refractivity contribution in [3.05, 3.63) is 95.1 Å². The van der Waals surface area contributed by atoms with Crippen molar-refractivity contribution in [3.8, 4) is 11.1 Å². The van der Waals surface area contributed by atoms with Crippen LogP contribution in [0.1, 0.15) is 27.4 Å². The average Bonchev–Trinajstić information content (AvgIpc) is 3.02. The van der Waals surface area contributed by atoms with Crippen LogP contribution in [0.15, 0.2) is 66.7 Å². The number of carboxylic acids is 1. The fourth-order valence-electron chi connectivity index (χ4n) is 3.70. The Labute approximate surface area is 159 Å². The molecule has 0 fully saturated rings. The van der Waals surface area contributed by atoms with Crippen molar-refractivity contribution >= 4 is 11.9 Å². The Morgan fingerprint density at radius 1 is 0.857 bits per heavy atom. The number of carbonyl (C=O) groups excluding carboxylic acids is 1. The van der Waals surface area contributed by atoms with E-state index >= 15 is 0 Å². The predicted octanol–water partition coefficient (Wildman–Crippen LogP) is 3.96. The van der Waals surface area contributed by atoms with Gasteiger partial charge >= 0.3 is 5.97 Å². The molecule has 0 heterocycles. The molecule has 0 spiro atoms. The molecule has 1 atom stereocenters. The van der Waals surface area contributed by atoms with Crippen molar-refractivity contribution in [3.63, 3.8) is 0 Å². The first-order valence-electron chi connectivity index (χ1n) is 8.64. The van der Waals surface area contributed by atoms with Crippen LogP contribution in [0, 0.1) is 11.6 Å². The molecular formula is C22H15F2NO3. The zero-order valence-electron chi connectivity index (χ0n) is 14.5. The molecule has 28 heavy (non-hydrogen) atoms. The molecule has 1 aliphatic carbocycles. The molecule has 6 heteroatoms. The van der Waals surface area contributed by atoms with Crippen LogP contribution in [0.3, 0.4) is 0 Å². The smallest absolute Gasteiger partial charge is 0.327 e. The van der Waals surface area contributed by atoms with Gasteiger partial charge in [0.1, 0.15) is 6.04 Å². The first kappa shape index (κ1) is 17.9. The van der Waals surface area contributed by atoms with Gasteiger partial charge in [-0.15, -0.1) is 0 Å². The van der Waals surface area contributed by atoms with E-state index in [4.69, 9.17) is 0 Å². The molecule has 1 amide bonds. The number of nitrogens with one attached hydrogen (secondary N) is 1. The number of halogens is 2. The van der Waals surface area contributed by atoms with Gasteiger partial charge in [0.2, 0.25) is 0 Å². The van der Waals surface area contributed by atoms with Crippen LogP contribution < -0.4 is 5.32 Å². The summed E-state index contributed by atoms with van der Waals surface area (Å²) in [6.45, 7) is 0. The Balaban J connectivity index is 1.73. The topological polar surface area (TPSA) is 66.4 Å². The van der Waals surface area contributed by atoms with E-state index in [1.54, 1.807) is 0 Å². The number of aliphatic carboxylic acids is 1. The lowest BCUT2D eigenvalue weighted by atomic mass is 9.89. The van der Waals surface area contributed by atoms with Gasteiger partial charge in [0, 0.05) is 11.5 Å². The van der Waals surface area contributed by atoms with Crippen molar-refractivity contribution in [2.24, 2.45) is 0 Å². The van der Waals surface area contributed by atoms with E-state index in [2.05, 4.69) is 5.32 Å². The number of hydrogen-bond donors (Lipinski definition) is 2. The van der Waals surface area contributed by atoms with E-state index in [-0.39, 0.29) is 5.56 Å². The molecule has 0 unspecified atom stereocenters. The number of carbonyl (C=O) groups is 2. The summed E-state index contributed by atoms with van der Waals surface area (Å²) in [5, 5.41) is 12.3. The summed E-state index contributed by atoms with van der Waals surface area (Å²) in [5.41, 5.74) is 3.26. The summed E-state index contributed by atoms with van der Waals surface area (Å²) in [7, 11) is 0. The van der Waals surface area contributed by atoms with Crippen LogP contribution in [0.2, 0.25) is 0 Å².